The average Bonchev–Trinajstić information content (AvgIpc) is 2.75. The van der Waals surface area contributed by atoms with Gasteiger partial charge in [-0.05, 0) is 5.56 Å². The van der Waals surface area contributed by atoms with Gasteiger partial charge in [-0.3, -0.25) is 4.99 Å². The van der Waals surface area contributed by atoms with Gasteiger partial charge in [0.2, 0.25) is 0 Å². The van der Waals surface area contributed by atoms with Crippen molar-refractivity contribution in [1.29, 1.82) is 0 Å². The molecule has 0 saturated heterocycles. The minimum Gasteiger partial charge on any atom is -0.491 e. The van der Waals surface area contributed by atoms with Gasteiger partial charge in [0.05, 0.1) is 12.3 Å². The zero-order valence-electron chi connectivity index (χ0n) is 10.6. The summed E-state index contributed by atoms with van der Waals surface area (Å²) in [7, 11) is 0. The van der Waals surface area contributed by atoms with E-state index in [-0.39, 0.29) is 0 Å². The van der Waals surface area contributed by atoms with Gasteiger partial charge in [-0.2, -0.15) is 0 Å². The Kier molecular flexibility index (Phi) is 3.41. The van der Waals surface area contributed by atoms with Crippen LogP contribution < -0.4 is 0 Å². The van der Waals surface area contributed by atoms with Crippen LogP contribution in [0, 0.1) is 0 Å². The minimum atomic E-state index is 0.622. The number of ether oxygens (including phenoxy) is 1. The van der Waals surface area contributed by atoms with Crippen LogP contribution in [0.25, 0.3) is 5.76 Å². The standard InChI is InChI=1S/C17H15NO/c1-3-7-14(8-4-1)16-13-17(19-12-11-18-16)15-9-5-2-6-10-15/h1-10,13H,11-12H2. The summed E-state index contributed by atoms with van der Waals surface area (Å²) in [4.78, 5) is 4.58. The molecule has 0 fully saturated rings. The van der Waals surface area contributed by atoms with E-state index in [2.05, 4.69) is 29.3 Å². The number of aliphatic imine (C=N–C) groups is 1. The zero-order chi connectivity index (χ0) is 12.9. The zero-order valence-corrected chi connectivity index (χ0v) is 10.6. The van der Waals surface area contributed by atoms with Gasteiger partial charge >= 0.3 is 0 Å². The topological polar surface area (TPSA) is 21.6 Å². The Morgan fingerprint density at radius 2 is 1.42 bits per heavy atom. The summed E-state index contributed by atoms with van der Waals surface area (Å²) in [6.45, 7) is 1.31. The van der Waals surface area contributed by atoms with Crippen molar-refractivity contribution < 1.29 is 4.74 Å². The molecule has 3 rings (SSSR count). The monoisotopic (exact) mass is 249 g/mol. The largest absolute Gasteiger partial charge is 0.491 e. The van der Waals surface area contributed by atoms with Crippen molar-refractivity contribution in [2.24, 2.45) is 4.99 Å². The van der Waals surface area contributed by atoms with E-state index >= 15 is 0 Å². The molecule has 0 aliphatic carbocycles. The number of nitrogens with zero attached hydrogens (tertiary/aromatic N) is 1. The van der Waals surface area contributed by atoms with Crippen LogP contribution in [0.2, 0.25) is 0 Å². The molecule has 0 amide bonds. The quantitative estimate of drug-likeness (QED) is 0.797. The van der Waals surface area contributed by atoms with Crippen molar-refractivity contribution in [2.75, 3.05) is 13.2 Å². The molecule has 2 heteroatoms. The Bertz CT molecular complexity index is 600. The molecule has 1 aliphatic rings. The van der Waals surface area contributed by atoms with E-state index in [0.717, 1.165) is 22.6 Å². The van der Waals surface area contributed by atoms with Crippen molar-refractivity contribution >= 4 is 11.5 Å². The van der Waals surface area contributed by atoms with Crippen LogP contribution in [-0.2, 0) is 4.74 Å². The highest BCUT2D eigenvalue weighted by Gasteiger charge is 2.09. The molecule has 1 heterocycles. The van der Waals surface area contributed by atoms with Crippen LogP contribution in [0.15, 0.2) is 71.7 Å². The predicted molar refractivity (Wildman–Crippen MR) is 78.2 cm³/mol. The first kappa shape index (κ1) is 11.7. The molecule has 0 unspecified atom stereocenters. The van der Waals surface area contributed by atoms with Crippen LogP contribution in [0.4, 0.5) is 0 Å². The molecule has 0 bridgehead atoms. The maximum atomic E-state index is 5.79. The van der Waals surface area contributed by atoms with Gasteiger partial charge in [0.1, 0.15) is 12.4 Å². The van der Waals surface area contributed by atoms with E-state index in [4.69, 9.17) is 4.74 Å². The molecule has 1 aliphatic heterocycles. The Labute approximate surface area is 113 Å². The van der Waals surface area contributed by atoms with Crippen molar-refractivity contribution in [3.05, 3.63) is 77.9 Å². The van der Waals surface area contributed by atoms with Gasteiger partial charge < -0.3 is 4.74 Å². The van der Waals surface area contributed by atoms with Crippen LogP contribution in [0.5, 0.6) is 0 Å². The predicted octanol–water partition coefficient (Wildman–Crippen LogP) is 3.55. The van der Waals surface area contributed by atoms with E-state index < -0.39 is 0 Å². The second-order valence-electron chi connectivity index (χ2n) is 4.36. The molecule has 19 heavy (non-hydrogen) atoms. The lowest BCUT2D eigenvalue weighted by atomic mass is 10.1. The van der Waals surface area contributed by atoms with Gasteiger partial charge in [-0.15, -0.1) is 0 Å². The van der Waals surface area contributed by atoms with Crippen LogP contribution in [0.3, 0.4) is 0 Å². The fourth-order valence-corrected chi connectivity index (χ4v) is 2.09. The second kappa shape index (κ2) is 5.53. The maximum Gasteiger partial charge on any atom is 0.128 e. The summed E-state index contributed by atoms with van der Waals surface area (Å²) in [5.41, 5.74) is 3.20. The van der Waals surface area contributed by atoms with Gasteiger partial charge in [-0.1, -0.05) is 60.7 Å². The summed E-state index contributed by atoms with van der Waals surface area (Å²) in [5, 5.41) is 0. The summed E-state index contributed by atoms with van der Waals surface area (Å²) in [6.07, 6.45) is 2.03. The molecule has 2 aromatic carbocycles. The molecule has 0 spiro atoms. The van der Waals surface area contributed by atoms with Crippen molar-refractivity contribution in [3.8, 4) is 0 Å². The lowest BCUT2D eigenvalue weighted by Crippen LogP contribution is -1.97. The van der Waals surface area contributed by atoms with E-state index in [9.17, 15) is 0 Å². The normalized spacial score (nSPS) is 14.9. The first-order valence-electron chi connectivity index (χ1n) is 6.43. The summed E-state index contributed by atoms with van der Waals surface area (Å²) in [5.74, 6) is 0.890. The Balaban J connectivity index is 1.98. The van der Waals surface area contributed by atoms with E-state index in [0.29, 0.717) is 13.2 Å². The first-order valence-corrected chi connectivity index (χ1v) is 6.43. The Hall–Kier alpha value is -2.35. The summed E-state index contributed by atoms with van der Waals surface area (Å²) >= 11 is 0. The van der Waals surface area contributed by atoms with Crippen LogP contribution in [0.1, 0.15) is 11.1 Å². The van der Waals surface area contributed by atoms with Crippen LogP contribution >= 0.6 is 0 Å². The molecule has 0 N–H and O–H groups in total. The molecular formula is C17H15NO. The van der Waals surface area contributed by atoms with Crippen molar-refractivity contribution in [1.82, 2.24) is 0 Å². The fourth-order valence-electron chi connectivity index (χ4n) is 2.09. The molecule has 0 saturated carbocycles. The maximum absolute atomic E-state index is 5.79. The number of allylic oxidation sites excluding steroid dienone is 1. The molecular weight excluding hydrogens is 234 g/mol. The number of hydrogen-bond acceptors (Lipinski definition) is 2. The van der Waals surface area contributed by atoms with Crippen molar-refractivity contribution in [3.63, 3.8) is 0 Å². The van der Waals surface area contributed by atoms with Crippen molar-refractivity contribution in [2.45, 2.75) is 0 Å². The molecule has 2 nitrogen and oxygen atoms in total. The van der Waals surface area contributed by atoms with E-state index in [1.54, 1.807) is 0 Å². The Morgan fingerprint density at radius 1 is 0.789 bits per heavy atom. The smallest absolute Gasteiger partial charge is 0.128 e. The molecule has 94 valence electrons. The average molecular weight is 249 g/mol. The van der Waals surface area contributed by atoms with Gasteiger partial charge in [0.15, 0.2) is 0 Å². The van der Waals surface area contributed by atoms with Crippen LogP contribution in [-0.4, -0.2) is 18.9 Å². The highest BCUT2D eigenvalue weighted by atomic mass is 16.5. The summed E-state index contributed by atoms with van der Waals surface area (Å²) < 4.78 is 5.79. The van der Waals surface area contributed by atoms with Gasteiger partial charge in [0, 0.05) is 11.6 Å². The lowest BCUT2D eigenvalue weighted by molar-refractivity contribution is 0.290. The molecule has 0 radical (unpaired) electrons. The van der Waals surface area contributed by atoms with E-state index in [1.807, 2.05) is 42.5 Å². The third kappa shape index (κ3) is 2.74. The Morgan fingerprint density at radius 3 is 2.11 bits per heavy atom. The van der Waals surface area contributed by atoms with Gasteiger partial charge in [0.25, 0.3) is 0 Å². The van der Waals surface area contributed by atoms with E-state index in [1.165, 1.54) is 0 Å². The molecule has 0 atom stereocenters. The third-order valence-corrected chi connectivity index (χ3v) is 3.03. The number of rotatable bonds is 2. The minimum absolute atomic E-state index is 0.622. The first-order chi connectivity index (χ1) is 9.43. The highest BCUT2D eigenvalue weighted by molar-refractivity contribution is 6.11. The summed E-state index contributed by atoms with van der Waals surface area (Å²) in [6, 6.07) is 20.4. The highest BCUT2D eigenvalue weighted by Crippen LogP contribution is 2.19. The lowest BCUT2D eigenvalue weighted by Gasteiger charge is -2.07. The second-order valence-corrected chi connectivity index (χ2v) is 4.36. The number of benzene rings is 2. The van der Waals surface area contributed by atoms with Gasteiger partial charge in [-0.25, -0.2) is 0 Å². The third-order valence-electron chi connectivity index (χ3n) is 3.03. The SMILES string of the molecule is C1=C(c2ccccc2)OCCN=C1c1ccccc1. The molecule has 2 aromatic rings. The number of hydrogen-bond donors (Lipinski definition) is 0. The fraction of sp³-hybridized carbons (Fsp3) is 0.118. The molecule has 0 aromatic heterocycles.